The first-order valence-electron chi connectivity index (χ1n) is 13.9. The minimum atomic E-state index is 0.121. The number of allylic oxidation sites excluding steroid dienone is 2. The Morgan fingerprint density at radius 2 is 1.44 bits per heavy atom. The van der Waals surface area contributed by atoms with Crippen molar-refractivity contribution in [3.63, 3.8) is 0 Å². The summed E-state index contributed by atoms with van der Waals surface area (Å²) in [6.45, 7) is 35.1. The van der Waals surface area contributed by atoms with Gasteiger partial charge in [0.15, 0.2) is 0 Å². The molecule has 0 bridgehead atoms. The largest absolute Gasteiger partial charge is 0.335 e. The normalized spacial score (nSPS) is 17.9. The summed E-state index contributed by atoms with van der Waals surface area (Å²) in [7, 11) is 4.11. The van der Waals surface area contributed by atoms with Crippen LogP contribution in [0.15, 0.2) is 43.0 Å². The molecule has 3 heteroatoms. The summed E-state index contributed by atoms with van der Waals surface area (Å²) in [6, 6.07) is 6.86. The third kappa shape index (κ3) is 10.8. The monoisotopic (exact) mass is 515 g/mol. The van der Waals surface area contributed by atoms with Gasteiger partial charge in [0.05, 0.1) is 0 Å². The van der Waals surface area contributed by atoms with E-state index in [1.54, 1.807) is 13.0 Å². The molecule has 1 saturated heterocycles. The van der Waals surface area contributed by atoms with Crippen LogP contribution in [0.5, 0.6) is 0 Å². The van der Waals surface area contributed by atoms with Crippen molar-refractivity contribution >= 4 is 25.8 Å². The third-order valence-electron chi connectivity index (χ3n) is 6.44. The molecule has 1 aliphatic rings. The summed E-state index contributed by atoms with van der Waals surface area (Å²) in [5.74, 6) is 1.30. The summed E-state index contributed by atoms with van der Waals surface area (Å²) in [5.41, 5.74) is 7.10. The Hall–Kier alpha value is -1.66. The van der Waals surface area contributed by atoms with Gasteiger partial charge in [0.25, 0.3) is 0 Å². The van der Waals surface area contributed by atoms with Crippen LogP contribution in [0.3, 0.4) is 0 Å². The van der Waals surface area contributed by atoms with Gasteiger partial charge in [0, 0.05) is 28.5 Å². The highest BCUT2D eigenvalue weighted by molar-refractivity contribution is 7.22. The predicted molar refractivity (Wildman–Crippen MR) is 169 cm³/mol. The van der Waals surface area contributed by atoms with E-state index in [4.69, 9.17) is 0 Å². The lowest BCUT2D eigenvalue weighted by molar-refractivity contribution is -0.116. The lowest BCUT2D eigenvalue weighted by Crippen LogP contribution is -2.42. The molecule has 36 heavy (non-hydrogen) atoms. The van der Waals surface area contributed by atoms with E-state index in [9.17, 15) is 4.79 Å². The summed E-state index contributed by atoms with van der Waals surface area (Å²) in [4.78, 5) is 12.4. The van der Waals surface area contributed by atoms with Crippen molar-refractivity contribution < 1.29 is 4.79 Å². The maximum Gasteiger partial charge on any atom is 0.129 e. The summed E-state index contributed by atoms with van der Waals surface area (Å²) < 4.78 is 0. The maximum atomic E-state index is 9.81. The molecule has 2 nitrogen and oxygen atoms in total. The second kappa shape index (κ2) is 17.0. The van der Waals surface area contributed by atoms with E-state index in [1.807, 2.05) is 27.7 Å². The van der Waals surface area contributed by atoms with Crippen LogP contribution in [0.25, 0.3) is 0 Å². The van der Waals surface area contributed by atoms with Crippen LogP contribution >= 0.6 is 8.86 Å². The molecule has 1 aromatic rings. The van der Waals surface area contributed by atoms with E-state index in [0.29, 0.717) is 18.3 Å². The molecule has 0 N–H and O–H groups in total. The third-order valence-corrected chi connectivity index (χ3v) is 7.26. The topological polar surface area (TPSA) is 20.3 Å². The number of para-hydroxylation sites is 1. The van der Waals surface area contributed by atoms with Gasteiger partial charge < -0.3 is 9.69 Å². The Labute approximate surface area is 227 Å². The summed E-state index contributed by atoms with van der Waals surface area (Å²) >= 11 is 0. The minimum absolute atomic E-state index is 0.121. The molecule has 0 spiro atoms. The molecule has 0 aliphatic carbocycles. The van der Waals surface area contributed by atoms with Crippen LogP contribution in [0, 0.1) is 5.41 Å². The summed E-state index contributed by atoms with van der Waals surface area (Å²) in [5, 5.41) is 0. The average Bonchev–Trinajstić information content (AvgIpc) is 2.98. The molecular formula is C33H58NOP. The zero-order chi connectivity index (χ0) is 28.9. The number of carbonyl (C=O) groups is 1. The zero-order valence-corrected chi connectivity index (χ0v) is 27.1. The second-order valence-corrected chi connectivity index (χ2v) is 11.7. The first kappa shape index (κ1) is 36.5. The highest BCUT2D eigenvalue weighted by atomic mass is 31.0. The van der Waals surface area contributed by atoms with Crippen molar-refractivity contribution in [3.8, 4) is 0 Å². The highest BCUT2D eigenvalue weighted by Gasteiger charge is 2.49. The molecule has 1 aromatic carbocycles. The van der Waals surface area contributed by atoms with Crippen LogP contribution in [-0.4, -0.2) is 16.7 Å². The van der Waals surface area contributed by atoms with Gasteiger partial charge in [0.1, 0.15) is 5.78 Å². The van der Waals surface area contributed by atoms with Gasteiger partial charge >= 0.3 is 0 Å². The van der Waals surface area contributed by atoms with Gasteiger partial charge in [-0.25, -0.2) is 0 Å². The molecule has 1 heterocycles. The van der Waals surface area contributed by atoms with Crippen molar-refractivity contribution in [2.45, 2.75) is 133 Å². The van der Waals surface area contributed by atoms with Gasteiger partial charge in [-0.2, -0.15) is 0 Å². The van der Waals surface area contributed by atoms with Crippen LogP contribution in [0.1, 0.15) is 139 Å². The fraction of sp³-hybridized carbons (Fsp3) is 0.636. The molecule has 206 valence electrons. The van der Waals surface area contributed by atoms with E-state index in [2.05, 4.69) is 101 Å². The number of anilines is 1. The van der Waals surface area contributed by atoms with E-state index in [-0.39, 0.29) is 16.7 Å². The van der Waals surface area contributed by atoms with Crippen molar-refractivity contribution in [3.05, 3.63) is 54.1 Å². The van der Waals surface area contributed by atoms with Crippen LogP contribution in [-0.2, 0) is 4.79 Å². The Kier molecular flexibility index (Phi) is 17.2. The number of benzene rings is 1. The van der Waals surface area contributed by atoms with Crippen molar-refractivity contribution in [1.82, 2.24) is 0 Å². The maximum absolute atomic E-state index is 9.81. The smallest absolute Gasteiger partial charge is 0.129 e. The number of rotatable bonds is 7. The first-order chi connectivity index (χ1) is 16.6. The van der Waals surface area contributed by atoms with E-state index in [0.717, 1.165) is 5.57 Å². The standard InChI is InChI=1S/C22H36NP.C5H8.C4H8O.C2H6/c1-9-13-22(8)14-21(6,7)23(20(22)24)19-17(15(2)3)11-10-12-18(19)16(4)5;1-4-5(2)3;1-3-4(2)5;1-2/h10-12,15-16,24H,9,13-14H2,1-8H3;4H,1-2H2,3H3;3H2,1-2H3;1-2H3. The van der Waals surface area contributed by atoms with Crippen molar-refractivity contribution in [1.29, 1.82) is 0 Å². The van der Waals surface area contributed by atoms with Gasteiger partial charge in [-0.3, -0.25) is 0 Å². The quantitative estimate of drug-likeness (QED) is 0.266. The SMILES string of the molecule is C=CC(=C)C.CC.CCC(C)=O.CCCC1(C)CC(C)(C)N(c2c(C(C)C)cccc2C(C)C)C1=P. The minimum Gasteiger partial charge on any atom is -0.335 e. The van der Waals surface area contributed by atoms with Crippen molar-refractivity contribution in [2.75, 3.05) is 4.90 Å². The highest BCUT2D eigenvalue weighted by Crippen LogP contribution is 2.51. The predicted octanol–water partition coefficient (Wildman–Crippen LogP) is 10.8. The van der Waals surface area contributed by atoms with Gasteiger partial charge in [0.2, 0.25) is 0 Å². The Bertz CT molecular complexity index is 823. The fourth-order valence-electron chi connectivity index (χ4n) is 4.63. The fourth-order valence-corrected chi connectivity index (χ4v) is 5.26. The number of hydrogen-bond acceptors (Lipinski definition) is 1. The van der Waals surface area contributed by atoms with Crippen LogP contribution in [0.2, 0.25) is 0 Å². The molecule has 0 saturated carbocycles. The average molecular weight is 516 g/mol. The van der Waals surface area contributed by atoms with E-state index >= 15 is 0 Å². The Morgan fingerprint density at radius 1 is 1.06 bits per heavy atom. The van der Waals surface area contributed by atoms with Crippen LogP contribution < -0.4 is 4.90 Å². The Morgan fingerprint density at radius 3 is 1.72 bits per heavy atom. The number of ketones is 1. The Balaban J connectivity index is 0. The lowest BCUT2D eigenvalue weighted by atomic mass is 9.80. The van der Waals surface area contributed by atoms with E-state index < -0.39 is 0 Å². The van der Waals surface area contributed by atoms with Crippen LogP contribution in [0.4, 0.5) is 5.69 Å². The molecule has 1 aliphatic heterocycles. The molecule has 1 unspecified atom stereocenters. The lowest BCUT2D eigenvalue weighted by Gasteiger charge is -2.38. The molecule has 0 aromatic heterocycles. The summed E-state index contributed by atoms with van der Waals surface area (Å²) in [6.07, 6.45) is 6.03. The molecule has 2 rings (SSSR count). The first-order valence-corrected chi connectivity index (χ1v) is 14.4. The van der Waals surface area contributed by atoms with Crippen molar-refractivity contribution in [2.24, 2.45) is 5.41 Å². The molecule has 1 atom stereocenters. The van der Waals surface area contributed by atoms with Gasteiger partial charge in [-0.05, 0) is 63.5 Å². The number of nitrogens with zero attached hydrogens (tertiary/aromatic N) is 1. The van der Waals surface area contributed by atoms with Gasteiger partial charge in [-0.15, -0.1) is 0 Å². The molecule has 0 amide bonds. The second-order valence-electron chi connectivity index (χ2n) is 11.2. The number of Topliss-reactive ketones (excluding diaryl/α,β-unsaturated/α-hetero) is 1. The van der Waals surface area contributed by atoms with E-state index in [1.165, 1.54) is 41.5 Å². The molecule has 0 radical (unpaired) electrons. The number of carbonyl (C=O) groups excluding carboxylic acids is 1. The molecule has 1 fully saturated rings. The van der Waals surface area contributed by atoms with Gasteiger partial charge in [-0.1, -0.05) is 121 Å². The zero-order valence-electron chi connectivity index (χ0n) is 26.1. The number of hydrogen-bond donors (Lipinski definition) is 0. The molecular weight excluding hydrogens is 457 g/mol.